The van der Waals surface area contributed by atoms with Gasteiger partial charge in [0.1, 0.15) is 5.69 Å². The SMILES string of the molecule is CNC1CC(C)(C)Cc2n[nH]nc21. The molecule has 1 heterocycles. The Morgan fingerprint density at radius 1 is 1.46 bits per heavy atom. The van der Waals surface area contributed by atoms with Crippen molar-refractivity contribution in [3.05, 3.63) is 11.4 Å². The third-order valence-corrected chi connectivity index (χ3v) is 2.73. The van der Waals surface area contributed by atoms with Crippen molar-refractivity contribution in [2.24, 2.45) is 5.41 Å². The van der Waals surface area contributed by atoms with E-state index >= 15 is 0 Å². The van der Waals surface area contributed by atoms with Crippen LogP contribution in [-0.4, -0.2) is 22.5 Å². The Morgan fingerprint density at radius 3 is 2.92 bits per heavy atom. The van der Waals surface area contributed by atoms with Crippen molar-refractivity contribution >= 4 is 0 Å². The number of hydrogen-bond acceptors (Lipinski definition) is 3. The van der Waals surface area contributed by atoms with Gasteiger partial charge in [-0.3, -0.25) is 0 Å². The molecule has 0 radical (unpaired) electrons. The molecule has 1 unspecified atom stereocenters. The van der Waals surface area contributed by atoms with Gasteiger partial charge in [0.25, 0.3) is 0 Å². The van der Waals surface area contributed by atoms with E-state index in [-0.39, 0.29) is 0 Å². The van der Waals surface area contributed by atoms with Crippen molar-refractivity contribution in [3.8, 4) is 0 Å². The largest absolute Gasteiger partial charge is 0.312 e. The van der Waals surface area contributed by atoms with E-state index in [9.17, 15) is 0 Å². The maximum absolute atomic E-state index is 4.18. The van der Waals surface area contributed by atoms with Crippen LogP contribution < -0.4 is 5.32 Å². The van der Waals surface area contributed by atoms with Crippen molar-refractivity contribution < 1.29 is 0 Å². The normalized spacial score (nSPS) is 25.6. The Morgan fingerprint density at radius 2 is 2.23 bits per heavy atom. The third kappa shape index (κ3) is 1.46. The Kier molecular flexibility index (Phi) is 1.87. The van der Waals surface area contributed by atoms with E-state index in [4.69, 9.17) is 0 Å². The molecule has 0 saturated heterocycles. The second kappa shape index (κ2) is 2.80. The van der Waals surface area contributed by atoms with E-state index in [0.29, 0.717) is 11.5 Å². The van der Waals surface area contributed by atoms with Crippen molar-refractivity contribution in [1.82, 2.24) is 20.7 Å². The van der Waals surface area contributed by atoms with Gasteiger partial charge in [0, 0.05) is 0 Å². The zero-order chi connectivity index (χ0) is 9.47. The fourth-order valence-corrected chi connectivity index (χ4v) is 2.08. The van der Waals surface area contributed by atoms with E-state index < -0.39 is 0 Å². The van der Waals surface area contributed by atoms with Crippen molar-refractivity contribution in [3.63, 3.8) is 0 Å². The first kappa shape index (κ1) is 8.69. The minimum Gasteiger partial charge on any atom is -0.312 e. The van der Waals surface area contributed by atoms with Crippen molar-refractivity contribution in [2.75, 3.05) is 7.05 Å². The highest BCUT2D eigenvalue weighted by Gasteiger charge is 2.34. The van der Waals surface area contributed by atoms with Gasteiger partial charge in [-0.1, -0.05) is 13.8 Å². The summed E-state index contributed by atoms with van der Waals surface area (Å²) >= 11 is 0. The van der Waals surface area contributed by atoms with Crippen LogP contribution in [0.2, 0.25) is 0 Å². The van der Waals surface area contributed by atoms with Gasteiger partial charge in [-0.05, 0) is 25.3 Å². The smallest absolute Gasteiger partial charge is 0.103 e. The number of H-pyrrole nitrogens is 1. The molecule has 4 heteroatoms. The average molecular weight is 180 g/mol. The van der Waals surface area contributed by atoms with Crippen LogP contribution >= 0.6 is 0 Å². The molecule has 4 nitrogen and oxygen atoms in total. The molecular formula is C9H16N4. The number of rotatable bonds is 1. The minimum absolute atomic E-state index is 0.331. The Hall–Kier alpha value is -0.900. The van der Waals surface area contributed by atoms with E-state index in [1.165, 1.54) is 0 Å². The summed E-state index contributed by atoms with van der Waals surface area (Å²) in [5.74, 6) is 0. The Balaban J connectivity index is 2.36. The van der Waals surface area contributed by atoms with Gasteiger partial charge in [0.05, 0.1) is 11.7 Å². The summed E-state index contributed by atoms with van der Waals surface area (Å²) in [4.78, 5) is 0. The van der Waals surface area contributed by atoms with Gasteiger partial charge < -0.3 is 5.32 Å². The average Bonchev–Trinajstić information content (AvgIpc) is 2.48. The number of aromatic amines is 1. The molecule has 1 aliphatic carbocycles. The van der Waals surface area contributed by atoms with Gasteiger partial charge in [0.2, 0.25) is 0 Å². The number of hydrogen-bond donors (Lipinski definition) is 2. The highest BCUT2D eigenvalue weighted by Crippen LogP contribution is 2.38. The molecule has 0 aromatic carbocycles. The molecule has 1 aliphatic rings. The maximum Gasteiger partial charge on any atom is 0.103 e. The monoisotopic (exact) mass is 180 g/mol. The van der Waals surface area contributed by atoms with Gasteiger partial charge in [0.15, 0.2) is 0 Å². The predicted octanol–water partition coefficient (Wildman–Crippen LogP) is 1.04. The molecular weight excluding hydrogens is 164 g/mol. The first-order valence-electron chi connectivity index (χ1n) is 4.69. The Labute approximate surface area is 78.1 Å². The number of fused-ring (bicyclic) bond motifs is 1. The van der Waals surface area contributed by atoms with E-state index in [2.05, 4.69) is 34.6 Å². The summed E-state index contributed by atoms with van der Waals surface area (Å²) in [7, 11) is 1.98. The summed E-state index contributed by atoms with van der Waals surface area (Å²) < 4.78 is 0. The zero-order valence-electron chi connectivity index (χ0n) is 8.39. The summed E-state index contributed by atoms with van der Waals surface area (Å²) in [6.45, 7) is 4.55. The summed E-state index contributed by atoms with van der Waals surface area (Å²) in [5.41, 5.74) is 2.55. The lowest BCUT2D eigenvalue weighted by molar-refractivity contribution is 0.259. The van der Waals surface area contributed by atoms with Crippen LogP contribution in [-0.2, 0) is 6.42 Å². The van der Waals surface area contributed by atoms with E-state index in [1.54, 1.807) is 0 Å². The topological polar surface area (TPSA) is 53.6 Å². The number of nitrogens with zero attached hydrogens (tertiary/aromatic N) is 2. The molecule has 1 aromatic rings. The molecule has 72 valence electrons. The van der Waals surface area contributed by atoms with Gasteiger partial charge in [-0.15, -0.1) is 0 Å². The second-order valence-electron chi connectivity index (χ2n) is 4.54. The number of nitrogens with one attached hydrogen (secondary N) is 2. The third-order valence-electron chi connectivity index (χ3n) is 2.73. The van der Waals surface area contributed by atoms with E-state index in [1.807, 2.05) is 7.05 Å². The van der Waals surface area contributed by atoms with Gasteiger partial charge in [-0.25, -0.2) is 0 Å². The molecule has 0 bridgehead atoms. The highest BCUT2D eigenvalue weighted by atomic mass is 15.3. The fourth-order valence-electron chi connectivity index (χ4n) is 2.08. The van der Waals surface area contributed by atoms with Crippen LogP contribution in [0, 0.1) is 5.41 Å². The van der Waals surface area contributed by atoms with Crippen molar-refractivity contribution in [2.45, 2.75) is 32.7 Å². The minimum atomic E-state index is 0.331. The molecule has 0 aliphatic heterocycles. The Bertz CT molecular complexity index is 302. The molecule has 2 rings (SSSR count). The van der Waals surface area contributed by atoms with Crippen LogP contribution in [0.3, 0.4) is 0 Å². The molecule has 13 heavy (non-hydrogen) atoms. The highest BCUT2D eigenvalue weighted by molar-refractivity contribution is 5.19. The molecule has 0 amide bonds. The van der Waals surface area contributed by atoms with Crippen LogP contribution in [0.1, 0.15) is 37.7 Å². The van der Waals surface area contributed by atoms with Crippen LogP contribution in [0.4, 0.5) is 0 Å². The lowest BCUT2D eigenvalue weighted by atomic mass is 9.76. The zero-order valence-corrected chi connectivity index (χ0v) is 8.39. The van der Waals surface area contributed by atoms with Crippen LogP contribution in [0.5, 0.6) is 0 Å². The number of aromatic nitrogens is 3. The lowest BCUT2D eigenvalue weighted by Crippen LogP contribution is -2.31. The molecule has 0 fully saturated rings. The van der Waals surface area contributed by atoms with Crippen molar-refractivity contribution in [1.29, 1.82) is 0 Å². The first-order chi connectivity index (χ1) is 6.12. The molecule has 0 saturated carbocycles. The van der Waals surface area contributed by atoms with Gasteiger partial charge in [-0.2, -0.15) is 15.4 Å². The maximum atomic E-state index is 4.18. The molecule has 1 aromatic heterocycles. The summed E-state index contributed by atoms with van der Waals surface area (Å²) in [5, 5.41) is 14.3. The fraction of sp³-hybridized carbons (Fsp3) is 0.778. The second-order valence-corrected chi connectivity index (χ2v) is 4.54. The molecule has 1 atom stereocenters. The molecule has 0 spiro atoms. The van der Waals surface area contributed by atoms with E-state index in [0.717, 1.165) is 24.2 Å². The quantitative estimate of drug-likeness (QED) is 0.679. The summed E-state index contributed by atoms with van der Waals surface area (Å²) in [6, 6.07) is 0.359. The molecule has 2 N–H and O–H groups in total. The van der Waals surface area contributed by atoms with Gasteiger partial charge >= 0.3 is 0 Å². The van der Waals surface area contributed by atoms with Crippen LogP contribution in [0.15, 0.2) is 0 Å². The first-order valence-corrected chi connectivity index (χ1v) is 4.69. The predicted molar refractivity (Wildman–Crippen MR) is 50.3 cm³/mol. The summed E-state index contributed by atoms with van der Waals surface area (Å²) in [6.07, 6.45) is 2.15. The standard InChI is InChI=1S/C9H16N4/c1-9(2)4-6(10-3)8-7(5-9)11-13-12-8/h6,10H,4-5H2,1-3H3,(H,11,12,13). The van der Waals surface area contributed by atoms with Crippen LogP contribution in [0.25, 0.3) is 0 Å². The lowest BCUT2D eigenvalue weighted by Gasteiger charge is -2.33.